The van der Waals surface area contributed by atoms with Crippen molar-refractivity contribution in [3.8, 4) is 11.1 Å². The number of carbonyl (C=O) groups is 1. The second-order valence-corrected chi connectivity index (χ2v) is 7.27. The Balaban J connectivity index is 0.000000550. The van der Waals surface area contributed by atoms with Crippen molar-refractivity contribution in [3.63, 3.8) is 0 Å². The quantitative estimate of drug-likeness (QED) is 0.704. The van der Waals surface area contributed by atoms with Gasteiger partial charge in [-0.05, 0) is 30.5 Å². The molecular formula is C18H24N2O4S. The van der Waals surface area contributed by atoms with Gasteiger partial charge < -0.3 is 11.1 Å². The normalized spacial score (nSPS) is 12.0. The minimum Gasteiger partial charge on any atom is -0.368 e. The smallest absolute Gasteiger partial charge is 0.261 e. The summed E-state index contributed by atoms with van der Waals surface area (Å²) in [5.74, 6) is -0.332. The van der Waals surface area contributed by atoms with E-state index in [9.17, 15) is 13.2 Å². The molecule has 0 heterocycles. The molecule has 0 radical (unpaired) electrons. The first kappa shape index (κ1) is 20.8. The van der Waals surface area contributed by atoms with Crippen LogP contribution in [0.4, 0.5) is 0 Å². The number of hydrogen-bond acceptors (Lipinski definition) is 4. The van der Waals surface area contributed by atoms with Crippen LogP contribution in [0.25, 0.3) is 11.1 Å². The number of benzene rings is 2. The lowest BCUT2D eigenvalue weighted by Crippen LogP contribution is -2.38. The van der Waals surface area contributed by atoms with Crippen molar-refractivity contribution in [2.75, 3.05) is 6.26 Å². The van der Waals surface area contributed by atoms with Crippen molar-refractivity contribution in [3.05, 3.63) is 59.7 Å². The van der Waals surface area contributed by atoms with Crippen LogP contribution in [0.1, 0.15) is 18.1 Å². The Morgan fingerprint density at radius 3 is 1.88 bits per heavy atom. The van der Waals surface area contributed by atoms with Gasteiger partial charge in [0.25, 0.3) is 10.1 Å². The Labute approximate surface area is 148 Å². The fourth-order valence-electron chi connectivity index (χ4n) is 1.93. The Morgan fingerprint density at radius 1 is 1.08 bits per heavy atom. The summed E-state index contributed by atoms with van der Waals surface area (Å²) >= 11 is 0. The van der Waals surface area contributed by atoms with E-state index in [-0.39, 0.29) is 11.9 Å². The highest BCUT2D eigenvalue weighted by Crippen LogP contribution is 2.20. The van der Waals surface area contributed by atoms with Gasteiger partial charge in [-0.25, -0.2) is 0 Å². The van der Waals surface area contributed by atoms with Crippen LogP contribution in [0.3, 0.4) is 0 Å². The number of primary amides is 1. The summed E-state index contributed by atoms with van der Waals surface area (Å²) in [5.41, 5.74) is 10.0. The summed E-state index contributed by atoms with van der Waals surface area (Å²) in [5, 5.41) is 3.09. The van der Waals surface area contributed by atoms with Crippen molar-refractivity contribution < 1.29 is 17.8 Å². The number of nitrogens with one attached hydrogen (secondary N) is 1. The third-order valence-corrected chi connectivity index (χ3v) is 3.38. The van der Waals surface area contributed by atoms with Crippen LogP contribution >= 0.6 is 0 Å². The van der Waals surface area contributed by atoms with Gasteiger partial charge in [-0.15, -0.1) is 0 Å². The van der Waals surface area contributed by atoms with E-state index in [4.69, 9.17) is 10.3 Å². The molecule has 2 rings (SSSR count). The molecule has 0 aromatic heterocycles. The number of rotatable bonds is 5. The predicted molar refractivity (Wildman–Crippen MR) is 99.6 cm³/mol. The zero-order valence-electron chi connectivity index (χ0n) is 14.6. The van der Waals surface area contributed by atoms with Gasteiger partial charge in [0.15, 0.2) is 0 Å². The number of aryl methyl sites for hydroxylation is 1. The molecule has 7 heteroatoms. The first-order chi connectivity index (χ1) is 11.6. The van der Waals surface area contributed by atoms with Gasteiger partial charge in [-0.2, -0.15) is 8.42 Å². The van der Waals surface area contributed by atoms with E-state index < -0.39 is 10.1 Å². The number of hydrogen-bond donors (Lipinski definition) is 3. The van der Waals surface area contributed by atoms with E-state index in [0.717, 1.165) is 5.56 Å². The van der Waals surface area contributed by atoms with Crippen molar-refractivity contribution in [1.29, 1.82) is 0 Å². The van der Waals surface area contributed by atoms with Gasteiger partial charge in [-0.3, -0.25) is 9.35 Å². The highest BCUT2D eigenvalue weighted by atomic mass is 32.2. The topological polar surface area (TPSA) is 109 Å². The van der Waals surface area contributed by atoms with Crippen LogP contribution in [-0.2, 0) is 21.5 Å². The molecular weight excluding hydrogens is 340 g/mol. The highest BCUT2D eigenvalue weighted by Gasteiger charge is 2.07. The molecule has 0 fully saturated rings. The standard InChI is InChI=1S/C17H20N2O.CH4O3S/c1-12-3-7-15(8-4-12)16-9-5-14(6-10-16)11-19-13(2)17(18)20;1-5(2,3)4/h3-10,13,19H,11H2,1-2H3,(H2,18,20);1H3,(H,2,3,4)/t13-;/m0./s1. The average Bonchev–Trinajstić information content (AvgIpc) is 2.52. The van der Waals surface area contributed by atoms with Crippen molar-refractivity contribution in [2.24, 2.45) is 5.73 Å². The van der Waals surface area contributed by atoms with Crippen LogP contribution in [0.15, 0.2) is 48.5 Å². The van der Waals surface area contributed by atoms with Crippen molar-refractivity contribution in [1.82, 2.24) is 5.32 Å². The number of nitrogens with two attached hydrogens (primary N) is 1. The molecule has 25 heavy (non-hydrogen) atoms. The van der Waals surface area contributed by atoms with Gasteiger partial charge in [-0.1, -0.05) is 54.1 Å². The fraction of sp³-hybridized carbons (Fsp3) is 0.278. The molecule has 0 bridgehead atoms. The molecule has 2 aromatic rings. The second kappa shape index (κ2) is 9.31. The van der Waals surface area contributed by atoms with Crippen LogP contribution in [-0.4, -0.2) is 31.2 Å². The van der Waals surface area contributed by atoms with E-state index in [1.54, 1.807) is 6.92 Å². The van der Waals surface area contributed by atoms with Gasteiger partial charge in [0.2, 0.25) is 5.91 Å². The highest BCUT2D eigenvalue weighted by molar-refractivity contribution is 7.85. The number of amides is 1. The molecule has 0 saturated heterocycles. The minimum atomic E-state index is -3.67. The molecule has 1 amide bonds. The third kappa shape index (κ3) is 8.99. The first-order valence-electron chi connectivity index (χ1n) is 7.67. The van der Waals surface area contributed by atoms with Crippen molar-refractivity contribution >= 4 is 16.0 Å². The third-order valence-electron chi connectivity index (χ3n) is 3.38. The van der Waals surface area contributed by atoms with Gasteiger partial charge in [0.05, 0.1) is 12.3 Å². The molecule has 1 atom stereocenters. The minimum absolute atomic E-state index is 0.313. The monoisotopic (exact) mass is 364 g/mol. The van der Waals surface area contributed by atoms with Gasteiger partial charge in [0.1, 0.15) is 0 Å². The molecule has 0 unspecified atom stereocenters. The van der Waals surface area contributed by atoms with E-state index in [1.807, 2.05) is 0 Å². The van der Waals surface area contributed by atoms with E-state index in [0.29, 0.717) is 12.8 Å². The molecule has 6 nitrogen and oxygen atoms in total. The van der Waals surface area contributed by atoms with Crippen molar-refractivity contribution in [2.45, 2.75) is 26.4 Å². The molecule has 136 valence electrons. The lowest BCUT2D eigenvalue weighted by molar-refractivity contribution is -0.119. The molecule has 0 aliphatic rings. The maximum atomic E-state index is 10.9. The summed E-state index contributed by atoms with van der Waals surface area (Å²) in [4.78, 5) is 10.9. The molecule has 0 aliphatic heterocycles. The van der Waals surface area contributed by atoms with Crippen LogP contribution in [0.5, 0.6) is 0 Å². The molecule has 0 aliphatic carbocycles. The zero-order chi connectivity index (χ0) is 19.0. The van der Waals surface area contributed by atoms with Crippen LogP contribution in [0, 0.1) is 6.92 Å². The summed E-state index contributed by atoms with van der Waals surface area (Å²) in [6.45, 7) is 4.49. The Bertz CT molecular complexity index is 777. The zero-order valence-corrected chi connectivity index (χ0v) is 15.4. The van der Waals surface area contributed by atoms with Crippen LogP contribution in [0.2, 0.25) is 0 Å². The fourth-order valence-corrected chi connectivity index (χ4v) is 1.93. The van der Waals surface area contributed by atoms with E-state index in [1.165, 1.54) is 16.7 Å². The number of carbonyl (C=O) groups excluding carboxylic acids is 1. The summed E-state index contributed by atoms with van der Waals surface area (Å²) < 4.78 is 25.9. The maximum Gasteiger partial charge on any atom is 0.261 e. The maximum absolute atomic E-state index is 10.9. The Kier molecular flexibility index (Phi) is 7.76. The molecule has 0 saturated carbocycles. The summed E-state index contributed by atoms with van der Waals surface area (Å²) in [6, 6.07) is 16.5. The molecule has 0 spiro atoms. The Hall–Kier alpha value is -2.22. The van der Waals surface area contributed by atoms with Crippen LogP contribution < -0.4 is 11.1 Å². The van der Waals surface area contributed by atoms with E-state index >= 15 is 0 Å². The first-order valence-corrected chi connectivity index (χ1v) is 9.52. The lowest BCUT2D eigenvalue weighted by Gasteiger charge is -2.10. The predicted octanol–water partition coefficient (Wildman–Crippen LogP) is 2.13. The lowest BCUT2D eigenvalue weighted by atomic mass is 10.0. The largest absolute Gasteiger partial charge is 0.368 e. The average molecular weight is 364 g/mol. The Morgan fingerprint density at radius 2 is 1.48 bits per heavy atom. The molecule has 2 aromatic carbocycles. The summed E-state index contributed by atoms with van der Waals surface area (Å²) in [7, 11) is -3.67. The molecule has 4 N–H and O–H groups in total. The van der Waals surface area contributed by atoms with Gasteiger partial charge >= 0.3 is 0 Å². The second-order valence-electron chi connectivity index (χ2n) is 5.80. The van der Waals surface area contributed by atoms with Gasteiger partial charge in [0, 0.05) is 6.54 Å². The SMILES string of the molecule is CS(=O)(=O)O.Cc1ccc(-c2ccc(CN[C@@H](C)C(N)=O)cc2)cc1. The van der Waals surface area contributed by atoms with E-state index in [2.05, 4.69) is 60.8 Å². The summed E-state index contributed by atoms with van der Waals surface area (Å²) in [6.07, 6.45) is 0.715.